The van der Waals surface area contributed by atoms with Gasteiger partial charge < -0.3 is 14.0 Å². The quantitative estimate of drug-likeness (QED) is 0.729. The van der Waals surface area contributed by atoms with Gasteiger partial charge in [-0.1, -0.05) is 5.16 Å². The Morgan fingerprint density at radius 3 is 2.40 bits per heavy atom. The molecule has 0 bridgehead atoms. The Morgan fingerprint density at radius 2 is 1.90 bits per heavy atom. The van der Waals surface area contributed by atoms with Gasteiger partial charge in [0.2, 0.25) is 5.91 Å². The summed E-state index contributed by atoms with van der Waals surface area (Å²) in [5.74, 6) is 0.482. The number of hydrogen-bond acceptors (Lipinski definition) is 6. The van der Waals surface area contributed by atoms with E-state index in [4.69, 9.17) is 4.52 Å². The van der Waals surface area contributed by atoms with Gasteiger partial charge in [-0.05, 0) is 40.5 Å². The molecule has 1 aliphatic heterocycles. The first-order valence-electron chi connectivity index (χ1n) is 9.98. The van der Waals surface area contributed by atoms with Crippen LogP contribution in [-0.4, -0.2) is 60.2 Å². The van der Waals surface area contributed by atoms with Crippen molar-refractivity contribution in [1.29, 1.82) is 0 Å². The Bertz CT molecular complexity index is 1070. The molecular weight excluding hydrogens is 406 g/mol. The van der Waals surface area contributed by atoms with Crippen LogP contribution in [0.1, 0.15) is 59.0 Å². The number of nitrogens with zero attached hydrogens (tertiary/aromatic N) is 5. The number of rotatable bonds is 4. The molecule has 1 saturated heterocycles. The van der Waals surface area contributed by atoms with Crippen LogP contribution in [0.2, 0.25) is 0 Å². The van der Waals surface area contributed by atoms with Crippen LogP contribution in [0.15, 0.2) is 15.1 Å². The second-order valence-electron chi connectivity index (χ2n) is 7.99. The van der Waals surface area contributed by atoms with Gasteiger partial charge in [-0.15, -0.1) is 0 Å². The number of carbonyl (C=O) groups excluding carboxylic acids is 2. The molecule has 2 aromatic heterocycles. The first-order valence-corrected chi connectivity index (χ1v) is 12.0. The fraction of sp³-hybridized carbons (Fsp3) is 0.600. The van der Waals surface area contributed by atoms with Crippen molar-refractivity contribution in [2.75, 3.05) is 19.3 Å². The third-order valence-electron chi connectivity index (χ3n) is 5.97. The summed E-state index contributed by atoms with van der Waals surface area (Å²) in [5, 5.41) is 3.69. The predicted molar refractivity (Wildman–Crippen MR) is 113 cm³/mol. The first-order chi connectivity index (χ1) is 14.0. The molecule has 0 saturated carbocycles. The lowest BCUT2D eigenvalue weighted by Crippen LogP contribution is -2.44. The lowest BCUT2D eigenvalue weighted by atomic mass is 9.97. The minimum atomic E-state index is -2.74. The fourth-order valence-corrected chi connectivity index (χ4v) is 5.66. The second-order valence-corrected chi connectivity index (χ2v) is 10.6. The topological polar surface area (TPSA) is 111 Å². The monoisotopic (exact) mass is 435 g/mol. The molecule has 0 spiro atoms. The molecule has 2 atom stereocenters. The molecule has 3 heterocycles. The molecule has 164 valence electrons. The predicted octanol–water partition coefficient (Wildman–Crippen LogP) is 2.37. The molecule has 2 amide bonds. The van der Waals surface area contributed by atoms with Crippen molar-refractivity contribution in [1.82, 2.24) is 19.6 Å². The zero-order valence-corrected chi connectivity index (χ0v) is 19.2. The summed E-state index contributed by atoms with van der Waals surface area (Å²) in [6.07, 6.45) is 4.06. The van der Waals surface area contributed by atoms with Crippen LogP contribution >= 0.6 is 0 Å². The van der Waals surface area contributed by atoms with Gasteiger partial charge in [0.15, 0.2) is 0 Å². The van der Waals surface area contributed by atoms with Crippen LogP contribution < -0.4 is 0 Å². The van der Waals surface area contributed by atoms with E-state index in [0.717, 1.165) is 11.3 Å². The molecule has 2 unspecified atom stereocenters. The van der Waals surface area contributed by atoms with Crippen molar-refractivity contribution >= 4 is 21.5 Å². The van der Waals surface area contributed by atoms with E-state index in [-0.39, 0.29) is 17.1 Å². The number of aryl methyl sites for hydroxylation is 3. The summed E-state index contributed by atoms with van der Waals surface area (Å²) in [7, 11) is -1.01. The summed E-state index contributed by atoms with van der Waals surface area (Å²) in [4.78, 5) is 31.3. The molecule has 1 aliphatic rings. The summed E-state index contributed by atoms with van der Waals surface area (Å²) in [6, 6.07) is 0. The summed E-state index contributed by atoms with van der Waals surface area (Å²) in [6.45, 7) is 8.24. The Hall–Kier alpha value is -2.49. The van der Waals surface area contributed by atoms with E-state index in [1.54, 1.807) is 30.4 Å². The Morgan fingerprint density at radius 1 is 1.27 bits per heavy atom. The molecule has 0 aromatic carbocycles. The van der Waals surface area contributed by atoms with Gasteiger partial charge in [0.05, 0.1) is 27.5 Å². The van der Waals surface area contributed by atoms with Gasteiger partial charge in [0.25, 0.3) is 0 Å². The molecule has 9 nitrogen and oxygen atoms in total. The van der Waals surface area contributed by atoms with Gasteiger partial charge >= 0.3 is 5.91 Å². The SMILES string of the molecule is Cc1noc(C)c1C(C)C(=O)N1CCC(S(C)(=O)=NC(=O)c2cnc(C)n2C)CC1. The van der Waals surface area contributed by atoms with Crippen LogP contribution in [0.3, 0.4) is 0 Å². The van der Waals surface area contributed by atoms with E-state index in [1.807, 2.05) is 13.8 Å². The highest BCUT2D eigenvalue weighted by atomic mass is 32.2. The highest BCUT2D eigenvalue weighted by Gasteiger charge is 2.32. The van der Waals surface area contributed by atoms with Gasteiger partial charge in [0.1, 0.15) is 17.3 Å². The van der Waals surface area contributed by atoms with Crippen LogP contribution in [0.25, 0.3) is 0 Å². The molecule has 0 radical (unpaired) electrons. The van der Waals surface area contributed by atoms with Crippen molar-refractivity contribution in [3.8, 4) is 0 Å². The Balaban J connectivity index is 1.68. The van der Waals surface area contributed by atoms with Gasteiger partial charge in [0, 0.05) is 37.2 Å². The van der Waals surface area contributed by atoms with Crippen molar-refractivity contribution in [2.45, 2.75) is 51.7 Å². The maximum atomic E-state index is 13.2. The maximum absolute atomic E-state index is 13.2. The van der Waals surface area contributed by atoms with E-state index >= 15 is 0 Å². The number of aromatic nitrogens is 3. The smallest absolute Gasteiger partial charge is 0.303 e. The van der Waals surface area contributed by atoms with Crippen LogP contribution in [0, 0.1) is 20.8 Å². The van der Waals surface area contributed by atoms with E-state index in [2.05, 4.69) is 14.5 Å². The van der Waals surface area contributed by atoms with Crippen LogP contribution in [-0.2, 0) is 21.6 Å². The molecule has 1 fully saturated rings. The summed E-state index contributed by atoms with van der Waals surface area (Å²) < 4.78 is 24.1. The van der Waals surface area contributed by atoms with Crippen molar-refractivity contribution in [3.05, 3.63) is 34.7 Å². The molecular formula is C20H29N5O4S. The largest absolute Gasteiger partial charge is 0.361 e. The third-order valence-corrected chi connectivity index (χ3v) is 8.20. The Kier molecular flexibility index (Phi) is 6.16. The lowest BCUT2D eigenvalue weighted by molar-refractivity contribution is -0.133. The molecule has 2 aromatic rings. The van der Waals surface area contributed by atoms with Crippen LogP contribution in [0.4, 0.5) is 0 Å². The van der Waals surface area contributed by atoms with Crippen molar-refractivity contribution < 1.29 is 18.3 Å². The van der Waals surface area contributed by atoms with E-state index in [9.17, 15) is 13.8 Å². The molecule has 30 heavy (non-hydrogen) atoms. The van der Waals surface area contributed by atoms with Crippen LogP contribution in [0.5, 0.6) is 0 Å². The van der Waals surface area contributed by atoms with E-state index < -0.39 is 15.6 Å². The summed E-state index contributed by atoms with van der Waals surface area (Å²) in [5.41, 5.74) is 1.87. The zero-order chi connectivity index (χ0) is 22.2. The number of amides is 2. The first kappa shape index (κ1) is 22.2. The number of carbonyl (C=O) groups is 2. The molecule has 0 aliphatic carbocycles. The number of imidazole rings is 1. The average molecular weight is 436 g/mol. The minimum Gasteiger partial charge on any atom is -0.361 e. The van der Waals surface area contributed by atoms with Crippen molar-refractivity contribution in [2.24, 2.45) is 11.4 Å². The normalized spacial score (nSPS) is 18.1. The average Bonchev–Trinajstić information content (AvgIpc) is 3.21. The van der Waals surface area contributed by atoms with Gasteiger partial charge in [-0.25, -0.2) is 9.19 Å². The standard InChI is InChI=1S/C20H29N5O4S/c1-12(18-13(2)22-29-14(18)3)20(27)25-9-7-16(8-10-25)30(6,28)23-19(26)17-11-21-15(4)24(17)5/h11-12,16H,7-10H2,1-6H3. The number of likely N-dealkylation sites (tertiary alicyclic amines) is 1. The third kappa shape index (κ3) is 4.19. The van der Waals surface area contributed by atoms with Gasteiger partial charge in [-0.2, -0.15) is 4.36 Å². The second kappa shape index (κ2) is 8.33. The highest BCUT2D eigenvalue weighted by Crippen LogP contribution is 2.27. The number of piperidine rings is 1. The highest BCUT2D eigenvalue weighted by molar-refractivity contribution is 7.93. The van der Waals surface area contributed by atoms with Gasteiger partial charge in [-0.3, -0.25) is 9.59 Å². The number of hydrogen-bond donors (Lipinski definition) is 0. The fourth-order valence-electron chi connectivity index (χ4n) is 4.01. The molecule has 0 N–H and O–H groups in total. The zero-order valence-electron chi connectivity index (χ0n) is 18.3. The van der Waals surface area contributed by atoms with E-state index in [1.165, 1.54) is 12.5 Å². The summed E-state index contributed by atoms with van der Waals surface area (Å²) >= 11 is 0. The minimum absolute atomic E-state index is 0.00354. The Labute approximate surface area is 177 Å². The van der Waals surface area contributed by atoms with E-state index in [0.29, 0.717) is 43.2 Å². The molecule has 10 heteroatoms. The maximum Gasteiger partial charge on any atom is 0.303 e. The molecule has 3 rings (SSSR count). The lowest BCUT2D eigenvalue weighted by Gasteiger charge is -2.33. The van der Waals surface area contributed by atoms with Crippen molar-refractivity contribution in [3.63, 3.8) is 0 Å².